The smallest absolute Gasteiger partial charge is 0.234 e. The lowest BCUT2D eigenvalue weighted by atomic mass is 10.1. The van der Waals surface area contributed by atoms with Crippen LogP contribution in [0.3, 0.4) is 0 Å². The summed E-state index contributed by atoms with van der Waals surface area (Å²) >= 11 is 4.06. The van der Waals surface area contributed by atoms with E-state index in [4.69, 9.17) is 0 Å². The van der Waals surface area contributed by atoms with E-state index in [-0.39, 0.29) is 18.1 Å². The van der Waals surface area contributed by atoms with Crippen molar-refractivity contribution in [3.63, 3.8) is 0 Å². The van der Waals surface area contributed by atoms with Crippen LogP contribution in [0.15, 0.2) is 12.2 Å². The Labute approximate surface area is 185 Å². The Morgan fingerprint density at radius 3 is 1.93 bits per heavy atom. The van der Waals surface area contributed by atoms with Gasteiger partial charge in [-0.15, -0.1) is 0 Å². The van der Waals surface area contributed by atoms with Crippen molar-refractivity contribution in [2.45, 2.75) is 103 Å². The van der Waals surface area contributed by atoms with Crippen molar-refractivity contribution in [1.29, 1.82) is 0 Å². The molecule has 1 N–H and O–H groups in total. The van der Waals surface area contributed by atoms with Gasteiger partial charge in [-0.05, 0) is 45.6 Å². The Balaban J connectivity index is 3.49. The fraction of sp³-hybridized carbons (Fsp3) is 0.864. The van der Waals surface area contributed by atoms with Crippen molar-refractivity contribution in [2.75, 3.05) is 19.3 Å². The standard InChI is InChI=1S/C22H44N2O3S2/c1-3-4-5-6-7-8-9-10-11-12-13-14-15-16-17-19-22(25)23-29(26,27)21-18-20-24(2)28/h10-11,28H,3-9,12-21H2,1-2H3,(H,23,25)/b11-10-. The van der Waals surface area contributed by atoms with Gasteiger partial charge in [-0.25, -0.2) is 8.42 Å². The monoisotopic (exact) mass is 448 g/mol. The third-order valence-electron chi connectivity index (χ3n) is 4.83. The minimum Gasteiger partial charge on any atom is -0.274 e. The van der Waals surface area contributed by atoms with Crippen molar-refractivity contribution in [1.82, 2.24) is 9.03 Å². The molecule has 0 atom stereocenters. The zero-order chi connectivity index (χ0) is 21.8. The predicted molar refractivity (Wildman–Crippen MR) is 128 cm³/mol. The molecule has 0 bridgehead atoms. The second-order valence-electron chi connectivity index (χ2n) is 7.91. The second-order valence-corrected chi connectivity index (χ2v) is 10.4. The molecule has 0 aromatic heterocycles. The van der Waals surface area contributed by atoms with Crippen LogP contribution < -0.4 is 4.72 Å². The Hall–Kier alpha value is -0.530. The highest BCUT2D eigenvalue weighted by Crippen LogP contribution is 2.10. The first-order valence-corrected chi connectivity index (χ1v) is 13.5. The van der Waals surface area contributed by atoms with Gasteiger partial charge in [-0.3, -0.25) is 13.8 Å². The first-order chi connectivity index (χ1) is 13.9. The van der Waals surface area contributed by atoms with E-state index in [9.17, 15) is 13.2 Å². The molecule has 7 heteroatoms. The van der Waals surface area contributed by atoms with E-state index >= 15 is 0 Å². The highest BCUT2D eigenvalue weighted by molar-refractivity contribution is 7.90. The number of allylic oxidation sites excluding steroid dienone is 2. The largest absolute Gasteiger partial charge is 0.274 e. The maximum Gasteiger partial charge on any atom is 0.234 e. The van der Waals surface area contributed by atoms with Crippen LogP contribution >= 0.6 is 12.8 Å². The van der Waals surface area contributed by atoms with E-state index in [0.717, 1.165) is 25.7 Å². The number of nitrogens with zero attached hydrogens (tertiary/aromatic N) is 1. The third-order valence-corrected chi connectivity index (χ3v) is 6.39. The van der Waals surface area contributed by atoms with Gasteiger partial charge >= 0.3 is 0 Å². The van der Waals surface area contributed by atoms with Crippen molar-refractivity contribution in [3.8, 4) is 0 Å². The van der Waals surface area contributed by atoms with Crippen molar-refractivity contribution in [2.24, 2.45) is 0 Å². The lowest BCUT2D eigenvalue weighted by molar-refractivity contribution is -0.119. The van der Waals surface area contributed by atoms with Crippen LogP contribution in [0, 0.1) is 0 Å². The third kappa shape index (κ3) is 22.0. The summed E-state index contributed by atoms with van der Waals surface area (Å²) in [5.74, 6) is -0.433. The highest BCUT2D eigenvalue weighted by atomic mass is 32.2. The number of hydrogen-bond acceptors (Lipinski definition) is 5. The first kappa shape index (κ1) is 28.5. The minimum atomic E-state index is -3.51. The normalized spacial score (nSPS) is 12.1. The van der Waals surface area contributed by atoms with Crippen molar-refractivity contribution >= 4 is 28.7 Å². The van der Waals surface area contributed by atoms with Gasteiger partial charge in [0.15, 0.2) is 0 Å². The molecule has 0 saturated carbocycles. The fourth-order valence-electron chi connectivity index (χ4n) is 3.12. The summed E-state index contributed by atoms with van der Waals surface area (Å²) in [5, 5.41) is 0. The molecule has 0 aromatic rings. The average Bonchev–Trinajstić information content (AvgIpc) is 2.64. The minimum absolute atomic E-state index is 0.0456. The van der Waals surface area contributed by atoms with Crippen molar-refractivity contribution in [3.05, 3.63) is 12.2 Å². The second kappa shape index (κ2) is 19.4. The van der Waals surface area contributed by atoms with Gasteiger partial charge in [0.2, 0.25) is 15.9 Å². The molecule has 0 aliphatic rings. The summed E-state index contributed by atoms with van der Waals surface area (Å²) in [6, 6.07) is 0. The van der Waals surface area contributed by atoms with Gasteiger partial charge in [0.05, 0.1) is 5.75 Å². The molecule has 172 valence electrons. The highest BCUT2D eigenvalue weighted by Gasteiger charge is 2.14. The Bertz CT molecular complexity index is 520. The number of amides is 1. The quantitative estimate of drug-likeness (QED) is 0.144. The zero-order valence-electron chi connectivity index (χ0n) is 18.7. The molecule has 0 radical (unpaired) electrons. The van der Waals surface area contributed by atoms with Crippen LogP contribution in [0.25, 0.3) is 0 Å². The predicted octanol–water partition coefficient (Wildman–Crippen LogP) is 5.64. The molecule has 0 aliphatic heterocycles. The van der Waals surface area contributed by atoms with Crippen LogP contribution in [0.1, 0.15) is 103 Å². The van der Waals surface area contributed by atoms with Crippen LogP contribution in [-0.2, 0) is 14.8 Å². The van der Waals surface area contributed by atoms with Crippen LogP contribution in [0.4, 0.5) is 0 Å². The Kier molecular flexibility index (Phi) is 19.1. The first-order valence-electron chi connectivity index (χ1n) is 11.5. The molecule has 0 saturated heterocycles. The van der Waals surface area contributed by atoms with Crippen molar-refractivity contribution < 1.29 is 13.2 Å². The summed E-state index contributed by atoms with van der Waals surface area (Å²) < 4.78 is 27.4. The molecule has 0 aliphatic carbocycles. The molecule has 0 aromatic carbocycles. The van der Waals surface area contributed by atoms with E-state index in [1.807, 2.05) is 0 Å². The van der Waals surface area contributed by atoms with Gasteiger partial charge in [-0.2, -0.15) is 0 Å². The molecule has 0 spiro atoms. The van der Waals surface area contributed by atoms with Gasteiger partial charge in [-0.1, -0.05) is 83.3 Å². The van der Waals surface area contributed by atoms with Crippen LogP contribution in [0.5, 0.6) is 0 Å². The van der Waals surface area contributed by atoms with E-state index in [2.05, 4.69) is 36.6 Å². The molecular formula is C22H44N2O3S2. The summed E-state index contributed by atoms with van der Waals surface area (Å²) in [4.78, 5) is 11.8. The number of thiol groups is 1. The van der Waals surface area contributed by atoms with E-state index in [0.29, 0.717) is 13.0 Å². The number of unbranched alkanes of at least 4 members (excludes halogenated alkanes) is 11. The SMILES string of the molecule is CCCCCCCC/C=C\CCCCCCCC(=O)NS(=O)(=O)CCCN(C)S. The number of sulfonamides is 1. The molecular weight excluding hydrogens is 404 g/mol. The van der Waals surface area contributed by atoms with Crippen LogP contribution in [0.2, 0.25) is 0 Å². The van der Waals surface area contributed by atoms with Gasteiger partial charge in [0, 0.05) is 13.0 Å². The number of carbonyl (C=O) groups excluding carboxylic acids is 1. The lowest BCUT2D eigenvalue weighted by Crippen LogP contribution is -2.33. The zero-order valence-corrected chi connectivity index (χ0v) is 20.4. The molecule has 29 heavy (non-hydrogen) atoms. The van der Waals surface area contributed by atoms with E-state index in [1.54, 1.807) is 11.4 Å². The number of rotatable bonds is 20. The van der Waals surface area contributed by atoms with Crippen LogP contribution in [-0.4, -0.2) is 38.0 Å². The van der Waals surface area contributed by atoms with Gasteiger partial charge < -0.3 is 0 Å². The fourth-order valence-corrected chi connectivity index (χ4v) is 4.32. The summed E-state index contributed by atoms with van der Waals surface area (Å²) in [6.45, 7) is 2.81. The lowest BCUT2D eigenvalue weighted by Gasteiger charge is -2.09. The Morgan fingerprint density at radius 1 is 0.862 bits per heavy atom. The molecule has 0 rings (SSSR count). The number of nitrogens with one attached hydrogen (secondary N) is 1. The molecule has 0 unspecified atom stereocenters. The molecule has 5 nitrogen and oxygen atoms in total. The van der Waals surface area contributed by atoms with E-state index < -0.39 is 10.0 Å². The average molecular weight is 449 g/mol. The molecule has 0 fully saturated rings. The van der Waals surface area contributed by atoms with E-state index in [1.165, 1.54) is 57.8 Å². The number of hydrogen-bond donors (Lipinski definition) is 2. The number of carbonyl (C=O) groups is 1. The maximum absolute atomic E-state index is 11.8. The van der Waals surface area contributed by atoms with Gasteiger partial charge in [0.25, 0.3) is 0 Å². The topological polar surface area (TPSA) is 66.5 Å². The molecule has 1 amide bonds. The van der Waals surface area contributed by atoms with Gasteiger partial charge in [0.1, 0.15) is 0 Å². The molecule has 0 heterocycles. The summed E-state index contributed by atoms with van der Waals surface area (Å²) in [6.07, 6.45) is 21.0. The maximum atomic E-state index is 11.8. The summed E-state index contributed by atoms with van der Waals surface area (Å²) in [5.41, 5.74) is 0. The summed E-state index contributed by atoms with van der Waals surface area (Å²) in [7, 11) is -1.75. The Morgan fingerprint density at radius 2 is 1.38 bits per heavy atom.